The monoisotopic (exact) mass is 400 g/mol. The first-order valence-corrected chi connectivity index (χ1v) is 9.51. The van der Waals surface area contributed by atoms with Crippen molar-refractivity contribution in [1.82, 2.24) is 14.9 Å². The molecule has 0 radical (unpaired) electrons. The Morgan fingerprint density at radius 1 is 1.31 bits per heavy atom. The van der Waals surface area contributed by atoms with Gasteiger partial charge in [0.05, 0.1) is 29.3 Å². The number of ether oxygens (including phenoxy) is 2. The van der Waals surface area contributed by atoms with Crippen LogP contribution in [0.15, 0.2) is 18.2 Å². The molecule has 0 spiro atoms. The number of benzene rings is 1. The van der Waals surface area contributed by atoms with E-state index in [0.717, 1.165) is 5.52 Å². The molecule has 2 aromatic rings. The lowest BCUT2D eigenvalue weighted by atomic mass is 10.2. The van der Waals surface area contributed by atoms with Crippen LogP contribution in [0.2, 0.25) is 0 Å². The lowest BCUT2D eigenvalue weighted by Crippen LogP contribution is -2.46. The minimum atomic E-state index is -0.949. The molecule has 1 heterocycles. The summed E-state index contributed by atoms with van der Waals surface area (Å²) in [6.07, 6.45) is -0.571. The maximum atomic E-state index is 12.6. The van der Waals surface area contributed by atoms with Crippen LogP contribution >= 0.6 is 0 Å². The normalized spacial score (nSPS) is 12.5. The molecule has 0 aliphatic rings. The molecule has 8 nitrogen and oxygen atoms in total. The van der Waals surface area contributed by atoms with Gasteiger partial charge in [-0.15, -0.1) is 0 Å². The predicted octanol–water partition coefficient (Wildman–Crippen LogP) is 3.08. The second-order valence-corrected chi connectivity index (χ2v) is 8.33. The van der Waals surface area contributed by atoms with Gasteiger partial charge in [-0.2, -0.15) is 5.26 Å². The number of hydrogen-bond acceptors (Lipinski definition) is 6. The molecule has 0 fully saturated rings. The molecule has 29 heavy (non-hydrogen) atoms. The smallest absolute Gasteiger partial charge is 0.408 e. The van der Waals surface area contributed by atoms with E-state index in [1.807, 2.05) is 13.8 Å². The van der Waals surface area contributed by atoms with Gasteiger partial charge in [0.15, 0.2) is 0 Å². The number of aromatic nitrogens is 2. The van der Waals surface area contributed by atoms with Crippen molar-refractivity contribution in [3.8, 4) is 6.07 Å². The summed E-state index contributed by atoms with van der Waals surface area (Å²) in [6.45, 7) is 9.35. The lowest BCUT2D eigenvalue weighted by Gasteiger charge is -2.23. The number of carbonyl (C=O) groups excluding carboxylic acids is 2. The molecule has 8 heteroatoms. The summed E-state index contributed by atoms with van der Waals surface area (Å²) >= 11 is 0. The van der Waals surface area contributed by atoms with Crippen molar-refractivity contribution >= 4 is 23.1 Å². The lowest BCUT2D eigenvalue weighted by molar-refractivity contribution is -0.147. The molecule has 0 saturated heterocycles. The summed E-state index contributed by atoms with van der Waals surface area (Å²) in [5, 5.41) is 11.7. The minimum Gasteiger partial charge on any atom is -0.464 e. The molecule has 0 saturated carbocycles. The largest absolute Gasteiger partial charge is 0.464 e. The van der Waals surface area contributed by atoms with Crippen LogP contribution in [0.3, 0.4) is 0 Å². The molecule has 1 amide bonds. The number of nitriles is 1. The number of nitrogens with one attached hydrogen (secondary N) is 1. The molecule has 0 aliphatic carbocycles. The molecule has 2 rings (SSSR count). The highest BCUT2D eigenvalue weighted by Gasteiger charge is 2.28. The van der Waals surface area contributed by atoms with Crippen molar-refractivity contribution in [2.24, 2.45) is 13.0 Å². The van der Waals surface area contributed by atoms with Gasteiger partial charge in [-0.1, -0.05) is 13.8 Å². The third-order valence-corrected chi connectivity index (χ3v) is 4.02. The van der Waals surface area contributed by atoms with Gasteiger partial charge in [0.2, 0.25) is 0 Å². The zero-order valence-electron chi connectivity index (χ0n) is 17.8. The van der Waals surface area contributed by atoms with Crippen molar-refractivity contribution in [3.63, 3.8) is 0 Å². The highest BCUT2D eigenvalue weighted by molar-refractivity contribution is 5.82. The number of carbonyl (C=O) groups is 2. The van der Waals surface area contributed by atoms with Gasteiger partial charge >= 0.3 is 12.1 Å². The van der Waals surface area contributed by atoms with E-state index in [9.17, 15) is 9.59 Å². The summed E-state index contributed by atoms with van der Waals surface area (Å²) in [5.74, 6) is 0.202. The Labute approximate surface area is 170 Å². The quantitative estimate of drug-likeness (QED) is 0.747. The maximum absolute atomic E-state index is 12.6. The number of amides is 1. The van der Waals surface area contributed by atoms with Crippen molar-refractivity contribution in [3.05, 3.63) is 29.6 Å². The van der Waals surface area contributed by atoms with Gasteiger partial charge in [-0.3, -0.25) is 0 Å². The van der Waals surface area contributed by atoms with Crippen molar-refractivity contribution in [2.45, 2.75) is 52.7 Å². The summed E-state index contributed by atoms with van der Waals surface area (Å²) < 4.78 is 12.4. The van der Waals surface area contributed by atoms with E-state index in [2.05, 4.69) is 16.4 Å². The van der Waals surface area contributed by atoms with Gasteiger partial charge in [0, 0.05) is 13.5 Å². The third-order valence-electron chi connectivity index (χ3n) is 4.02. The molecule has 0 bridgehead atoms. The summed E-state index contributed by atoms with van der Waals surface area (Å²) in [6, 6.07) is 6.33. The van der Waals surface area contributed by atoms with Crippen LogP contribution < -0.4 is 5.32 Å². The van der Waals surface area contributed by atoms with E-state index in [1.165, 1.54) is 0 Å². The Bertz CT molecular complexity index is 935. The van der Waals surface area contributed by atoms with Crippen LogP contribution in [-0.2, 0) is 27.7 Å². The van der Waals surface area contributed by atoms with Gasteiger partial charge < -0.3 is 19.4 Å². The standard InChI is InChI=1S/C21H28N4O4/c1-13(2)12-28-19(26)16(24-20(27)29-21(3,4)5)10-18-23-15-8-7-14(11-22)9-17(15)25(18)6/h7-9,13,16H,10,12H2,1-6H3,(H,24,27)/t16-/m0/s1. The molecular weight excluding hydrogens is 372 g/mol. The zero-order valence-corrected chi connectivity index (χ0v) is 17.8. The van der Waals surface area contributed by atoms with E-state index in [-0.39, 0.29) is 18.9 Å². The minimum absolute atomic E-state index is 0.128. The molecule has 0 aliphatic heterocycles. The molecule has 156 valence electrons. The topological polar surface area (TPSA) is 106 Å². The van der Waals surface area contributed by atoms with Crippen LogP contribution in [0, 0.1) is 17.2 Å². The Kier molecular flexibility index (Phi) is 6.85. The first-order valence-electron chi connectivity index (χ1n) is 9.51. The Morgan fingerprint density at radius 2 is 2.00 bits per heavy atom. The fourth-order valence-corrected chi connectivity index (χ4v) is 2.67. The number of rotatable bonds is 6. The number of alkyl carbamates (subject to hydrolysis) is 1. The van der Waals surface area contributed by atoms with E-state index >= 15 is 0 Å². The van der Waals surface area contributed by atoms with E-state index in [1.54, 1.807) is 50.6 Å². The SMILES string of the molecule is CC(C)COC(=O)[C@H](Cc1nc2ccc(C#N)cc2n1C)NC(=O)OC(C)(C)C. The fraction of sp³-hybridized carbons (Fsp3) is 0.524. The highest BCUT2D eigenvalue weighted by atomic mass is 16.6. The summed E-state index contributed by atoms with van der Waals surface area (Å²) in [7, 11) is 1.80. The Morgan fingerprint density at radius 3 is 2.59 bits per heavy atom. The van der Waals surface area contributed by atoms with Gasteiger partial charge in [0.25, 0.3) is 0 Å². The Hall–Kier alpha value is -3.08. The first kappa shape index (κ1) is 22.2. The van der Waals surface area contributed by atoms with Crippen molar-refractivity contribution < 1.29 is 19.1 Å². The third kappa shape index (κ3) is 6.21. The number of imidazole rings is 1. The second-order valence-electron chi connectivity index (χ2n) is 8.33. The van der Waals surface area contributed by atoms with E-state index < -0.39 is 23.7 Å². The molecule has 1 aromatic carbocycles. The van der Waals surface area contributed by atoms with Crippen LogP contribution in [0.4, 0.5) is 4.79 Å². The van der Waals surface area contributed by atoms with Crippen molar-refractivity contribution in [1.29, 1.82) is 5.26 Å². The van der Waals surface area contributed by atoms with E-state index in [0.29, 0.717) is 16.9 Å². The molecular formula is C21H28N4O4. The maximum Gasteiger partial charge on any atom is 0.408 e. The molecule has 1 N–H and O–H groups in total. The highest BCUT2D eigenvalue weighted by Crippen LogP contribution is 2.18. The number of hydrogen-bond donors (Lipinski definition) is 1. The van der Waals surface area contributed by atoms with Crippen LogP contribution in [0.25, 0.3) is 11.0 Å². The second kappa shape index (κ2) is 8.95. The first-order chi connectivity index (χ1) is 13.5. The number of esters is 1. The van der Waals surface area contributed by atoms with Crippen LogP contribution in [-0.4, -0.2) is 39.9 Å². The number of fused-ring (bicyclic) bond motifs is 1. The van der Waals surface area contributed by atoms with Gasteiger partial charge in [-0.05, 0) is 44.9 Å². The van der Waals surface area contributed by atoms with Gasteiger partial charge in [-0.25, -0.2) is 14.6 Å². The van der Waals surface area contributed by atoms with Crippen LogP contribution in [0.5, 0.6) is 0 Å². The Balaban J connectivity index is 2.27. The van der Waals surface area contributed by atoms with Gasteiger partial charge in [0.1, 0.15) is 17.5 Å². The molecule has 1 atom stereocenters. The number of nitrogens with zero attached hydrogens (tertiary/aromatic N) is 3. The predicted molar refractivity (Wildman–Crippen MR) is 108 cm³/mol. The fourth-order valence-electron chi connectivity index (χ4n) is 2.67. The van der Waals surface area contributed by atoms with Crippen molar-refractivity contribution in [2.75, 3.05) is 6.61 Å². The molecule has 1 aromatic heterocycles. The zero-order chi connectivity index (χ0) is 21.8. The number of aryl methyl sites for hydroxylation is 1. The van der Waals surface area contributed by atoms with E-state index in [4.69, 9.17) is 14.7 Å². The average Bonchev–Trinajstić information content (AvgIpc) is 2.92. The average molecular weight is 400 g/mol. The summed E-state index contributed by atoms with van der Waals surface area (Å²) in [5.41, 5.74) is 1.30. The summed E-state index contributed by atoms with van der Waals surface area (Å²) in [4.78, 5) is 29.4. The van der Waals surface area contributed by atoms with Crippen LogP contribution in [0.1, 0.15) is 46.0 Å². The molecule has 0 unspecified atom stereocenters.